The van der Waals surface area contributed by atoms with Gasteiger partial charge in [0.25, 0.3) is 0 Å². The van der Waals surface area contributed by atoms with Crippen LogP contribution >= 0.6 is 0 Å². The molecule has 1 aromatic rings. The molecule has 1 saturated heterocycles. The van der Waals surface area contributed by atoms with Crippen molar-refractivity contribution >= 4 is 17.9 Å². The molecule has 26 heavy (non-hydrogen) atoms. The zero-order valence-electron chi connectivity index (χ0n) is 15.4. The molecular formula is C19H27N3O4. The number of amides is 3. The van der Waals surface area contributed by atoms with Crippen molar-refractivity contribution in [2.75, 3.05) is 19.6 Å². The number of carboxylic acids is 1. The number of hydrogen-bond donors (Lipinski definition) is 2. The molecule has 0 saturated carbocycles. The van der Waals surface area contributed by atoms with Crippen molar-refractivity contribution in [1.82, 2.24) is 15.1 Å². The van der Waals surface area contributed by atoms with E-state index in [9.17, 15) is 14.4 Å². The quantitative estimate of drug-likeness (QED) is 0.807. The molecule has 1 aliphatic heterocycles. The highest BCUT2D eigenvalue weighted by Gasteiger charge is 2.29. The third-order valence-corrected chi connectivity index (χ3v) is 4.69. The van der Waals surface area contributed by atoms with E-state index in [0.29, 0.717) is 32.5 Å². The van der Waals surface area contributed by atoms with E-state index in [1.54, 1.807) is 9.80 Å². The van der Waals surface area contributed by atoms with Gasteiger partial charge in [-0.05, 0) is 25.3 Å². The van der Waals surface area contributed by atoms with E-state index in [1.807, 2.05) is 37.3 Å². The van der Waals surface area contributed by atoms with Crippen molar-refractivity contribution in [2.45, 2.75) is 45.2 Å². The number of urea groups is 1. The fourth-order valence-electron chi connectivity index (χ4n) is 3.22. The molecule has 0 spiro atoms. The molecule has 7 nitrogen and oxygen atoms in total. The Kier molecular flexibility index (Phi) is 7.00. The average molecular weight is 361 g/mol. The molecule has 2 atom stereocenters. The second-order valence-electron chi connectivity index (χ2n) is 6.78. The van der Waals surface area contributed by atoms with Gasteiger partial charge in [0.2, 0.25) is 5.91 Å². The smallest absolute Gasteiger partial charge is 0.317 e. The molecule has 1 aliphatic rings. The molecule has 1 heterocycles. The van der Waals surface area contributed by atoms with Crippen LogP contribution in [0.2, 0.25) is 0 Å². The van der Waals surface area contributed by atoms with Gasteiger partial charge in [0, 0.05) is 45.1 Å². The van der Waals surface area contributed by atoms with E-state index in [2.05, 4.69) is 5.32 Å². The minimum atomic E-state index is -0.874. The SMILES string of the molecule is CC(=O)N1CCN(C(=O)NC(CCC(=O)O)Cc2ccccc2)C(C)C1. The van der Waals surface area contributed by atoms with Gasteiger partial charge in [0.1, 0.15) is 0 Å². The van der Waals surface area contributed by atoms with Crippen LogP contribution in [0.4, 0.5) is 4.79 Å². The molecule has 0 bridgehead atoms. The number of carboxylic acid groups (broad SMARTS) is 1. The normalized spacial score (nSPS) is 18.3. The van der Waals surface area contributed by atoms with Gasteiger partial charge in [0.15, 0.2) is 0 Å². The molecule has 2 N–H and O–H groups in total. The lowest BCUT2D eigenvalue weighted by Gasteiger charge is -2.40. The van der Waals surface area contributed by atoms with Crippen LogP contribution in [-0.4, -0.2) is 64.5 Å². The van der Waals surface area contributed by atoms with Gasteiger partial charge in [-0.15, -0.1) is 0 Å². The van der Waals surface area contributed by atoms with Gasteiger partial charge in [-0.1, -0.05) is 30.3 Å². The number of carbonyl (C=O) groups is 3. The lowest BCUT2D eigenvalue weighted by molar-refractivity contribution is -0.137. The topological polar surface area (TPSA) is 90.0 Å². The number of piperazine rings is 1. The van der Waals surface area contributed by atoms with Gasteiger partial charge in [-0.3, -0.25) is 9.59 Å². The third kappa shape index (κ3) is 5.75. The summed E-state index contributed by atoms with van der Waals surface area (Å²) in [4.78, 5) is 38.6. The minimum absolute atomic E-state index is 0.00540. The third-order valence-electron chi connectivity index (χ3n) is 4.69. The molecule has 2 rings (SSSR count). The zero-order valence-corrected chi connectivity index (χ0v) is 15.4. The summed E-state index contributed by atoms with van der Waals surface area (Å²) in [5, 5.41) is 12.0. The summed E-state index contributed by atoms with van der Waals surface area (Å²) in [6, 6.07) is 9.17. The Labute approximate surface area is 154 Å². The highest BCUT2D eigenvalue weighted by atomic mass is 16.4. The number of carbonyl (C=O) groups excluding carboxylic acids is 2. The number of aliphatic carboxylic acids is 1. The first kappa shape index (κ1) is 19.8. The van der Waals surface area contributed by atoms with Crippen LogP contribution in [-0.2, 0) is 16.0 Å². The maximum Gasteiger partial charge on any atom is 0.317 e. The first-order valence-corrected chi connectivity index (χ1v) is 8.95. The van der Waals surface area contributed by atoms with Crippen LogP contribution in [0.5, 0.6) is 0 Å². The molecule has 0 aliphatic carbocycles. The summed E-state index contributed by atoms with van der Waals surface area (Å²) in [5.41, 5.74) is 1.05. The number of nitrogens with zero attached hydrogens (tertiary/aromatic N) is 2. The maximum atomic E-state index is 12.7. The summed E-state index contributed by atoms with van der Waals surface area (Å²) < 4.78 is 0. The molecule has 7 heteroatoms. The summed E-state index contributed by atoms with van der Waals surface area (Å²) >= 11 is 0. The molecule has 1 fully saturated rings. The van der Waals surface area contributed by atoms with Crippen molar-refractivity contribution < 1.29 is 19.5 Å². The molecule has 1 aromatic carbocycles. The predicted octanol–water partition coefficient (Wildman–Crippen LogP) is 1.72. The first-order chi connectivity index (χ1) is 12.4. The molecule has 0 radical (unpaired) electrons. The predicted molar refractivity (Wildman–Crippen MR) is 97.8 cm³/mol. The second kappa shape index (κ2) is 9.22. The summed E-state index contributed by atoms with van der Waals surface area (Å²) in [6.07, 6.45) is 0.963. The lowest BCUT2D eigenvalue weighted by atomic mass is 10.0. The standard InChI is InChI=1S/C19H27N3O4/c1-14-13-21(15(2)23)10-11-22(14)19(26)20-17(8-9-18(24)25)12-16-6-4-3-5-7-16/h3-7,14,17H,8-13H2,1-2H3,(H,20,26)(H,24,25). The number of rotatable bonds is 6. The summed E-state index contributed by atoms with van der Waals surface area (Å²) in [5.74, 6) is -0.860. The average Bonchev–Trinajstić information content (AvgIpc) is 2.60. The molecule has 3 amide bonds. The van der Waals surface area contributed by atoms with Crippen LogP contribution in [0.1, 0.15) is 32.3 Å². The van der Waals surface area contributed by atoms with E-state index >= 15 is 0 Å². The molecule has 0 aromatic heterocycles. The van der Waals surface area contributed by atoms with Crippen LogP contribution < -0.4 is 5.32 Å². The van der Waals surface area contributed by atoms with E-state index in [0.717, 1.165) is 5.56 Å². The monoisotopic (exact) mass is 361 g/mol. The molecule has 142 valence electrons. The Hall–Kier alpha value is -2.57. The molecule has 2 unspecified atom stereocenters. The van der Waals surface area contributed by atoms with E-state index in [1.165, 1.54) is 6.92 Å². The maximum absolute atomic E-state index is 12.7. The Morgan fingerprint density at radius 3 is 2.50 bits per heavy atom. The van der Waals surface area contributed by atoms with Crippen LogP contribution in [0, 0.1) is 0 Å². The van der Waals surface area contributed by atoms with Crippen molar-refractivity contribution in [2.24, 2.45) is 0 Å². The Morgan fingerprint density at radius 2 is 1.92 bits per heavy atom. The molecular weight excluding hydrogens is 334 g/mol. The van der Waals surface area contributed by atoms with E-state index < -0.39 is 5.97 Å². The van der Waals surface area contributed by atoms with Crippen molar-refractivity contribution in [3.63, 3.8) is 0 Å². The highest BCUT2D eigenvalue weighted by Crippen LogP contribution is 2.13. The van der Waals surface area contributed by atoms with Gasteiger partial charge >= 0.3 is 12.0 Å². The fourth-order valence-corrected chi connectivity index (χ4v) is 3.22. The van der Waals surface area contributed by atoms with Crippen LogP contribution in [0.25, 0.3) is 0 Å². The first-order valence-electron chi connectivity index (χ1n) is 8.95. The van der Waals surface area contributed by atoms with Crippen molar-refractivity contribution in [3.8, 4) is 0 Å². The Balaban J connectivity index is 1.98. The van der Waals surface area contributed by atoms with Crippen LogP contribution in [0.15, 0.2) is 30.3 Å². The second-order valence-corrected chi connectivity index (χ2v) is 6.78. The van der Waals surface area contributed by atoms with Crippen LogP contribution in [0.3, 0.4) is 0 Å². The Bertz CT molecular complexity index is 635. The lowest BCUT2D eigenvalue weighted by Crippen LogP contribution is -2.58. The van der Waals surface area contributed by atoms with E-state index in [4.69, 9.17) is 5.11 Å². The van der Waals surface area contributed by atoms with Crippen molar-refractivity contribution in [1.29, 1.82) is 0 Å². The minimum Gasteiger partial charge on any atom is -0.481 e. The van der Waals surface area contributed by atoms with Crippen molar-refractivity contribution in [3.05, 3.63) is 35.9 Å². The van der Waals surface area contributed by atoms with Gasteiger partial charge in [-0.2, -0.15) is 0 Å². The summed E-state index contributed by atoms with van der Waals surface area (Å²) in [7, 11) is 0. The number of nitrogens with one attached hydrogen (secondary N) is 1. The Morgan fingerprint density at radius 1 is 1.23 bits per heavy atom. The van der Waals surface area contributed by atoms with Gasteiger partial charge in [0.05, 0.1) is 0 Å². The summed E-state index contributed by atoms with van der Waals surface area (Å²) in [6.45, 7) is 4.96. The van der Waals surface area contributed by atoms with E-state index in [-0.39, 0.29) is 30.4 Å². The fraction of sp³-hybridized carbons (Fsp3) is 0.526. The van der Waals surface area contributed by atoms with Gasteiger partial charge < -0.3 is 20.2 Å². The number of benzene rings is 1. The zero-order chi connectivity index (χ0) is 19.1. The van der Waals surface area contributed by atoms with Gasteiger partial charge in [-0.25, -0.2) is 4.79 Å². The number of hydrogen-bond acceptors (Lipinski definition) is 3. The highest BCUT2D eigenvalue weighted by molar-refractivity contribution is 5.77. The largest absolute Gasteiger partial charge is 0.481 e.